The molecule has 1 saturated heterocycles. The van der Waals surface area contributed by atoms with E-state index in [1.165, 1.54) is 6.33 Å². The van der Waals surface area contributed by atoms with E-state index in [-0.39, 0.29) is 5.56 Å². The number of nitrogen functional groups attached to an aromatic ring is 1. The molecule has 1 fully saturated rings. The van der Waals surface area contributed by atoms with Crippen molar-refractivity contribution in [3.05, 3.63) is 28.8 Å². The van der Waals surface area contributed by atoms with E-state index in [4.69, 9.17) is 10.5 Å². The maximum absolute atomic E-state index is 11.8. The van der Waals surface area contributed by atoms with Gasteiger partial charge in [0.25, 0.3) is 5.56 Å². The highest BCUT2D eigenvalue weighted by Crippen LogP contribution is 2.28. The minimum atomic E-state index is -0.162. The second kappa shape index (κ2) is 5.73. The van der Waals surface area contributed by atoms with Crippen molar-refractivity contribution in [2.75, 3.05) is 37.4 Å². The zero-order chi connectivity index (χ0) is 14.8. The molecule has 1 aromatic heterocycles. The summed E-state index contributed by atoms with van der Waals surface area (Å²) in [5, 5.41) is 0.526. The molecule has 0 saturated carbocycles. The van der Waals surface area contributed by atoms with Gasteiger partial charge in [-0.15, -0.1) is 0 Å². The summed E-state index contributed by atoms with van der Waals surface area (Å²) in [6.45, 7) is 2.60. The molecule has 21 heavy (non-hydrogen) atoms. The topological polar surface area (TPSA) is 84.2 Å². The Balaban J connectivity index is 1.88. The van der Waals surface area contributed by atoms with Gasteiger partial charge in [-0.05, 0) is 30.9 Å². The Morgan fingerprint density at radius 2 is 2.19 bits per heavy atom. The van der Waals surface area contributed by atoms with Crippen molar-refractivity contribution in [2.45, 2.75) is 12.8 Å². The smallest absolute Gasteiger partial charge is 0.258 e. The summed E-state index contributed by atoms with van der Waals surface area (Å²) in [7, 11) is 2.03. The van der Waals surface area contributed by atoms with E-state index in [0.717, 1.165) is 38.3 Å². The lowest BCUT2D eigenvalue weighted by Gasteiger charge is -2.29. The van der Waals surface area contributed by atoms with Crippen molar-refractivity contribution in [3.63, 3.8) is 0 Å². The third-order valence-electron chi connectivity index (χ3n) is 4.07. The van der Waals surface area contributed by atoms with Crippen molar-refractivity contribution in [1.82, 2.24) is 9.97 Å². The molecule has 1 aliphatic rings. The molecule has 0 bridgehead atoms. The highest BCUT2D eigenvalue weighted by atomic mass is 16.5. The van der Waals surface area contributed by atoms with Crippen LogP contribution in [0.25, 0.3) is 10.9 Å². The number of nitrogens with two attached hydrogens (primary N) is 1. The Kier molecular flexibility index (Phi) is 3.79. The molecular formula is C15H20N4O2. The summed E-state index contributed by atoms with van der Waals surface area (Å²) < 4.78 is 5.39. The van der Waals surface area contributed by atoms with Gasteiger partial charge in [0.1, 0.15) is 0 Å². The number of aromatic nitrogens is 2. The van der Waals surface area contributed by atoms with E-state index < -0.39 is 0 Å². The quantitative estimate of drug-likeness (QED) is 0.833. The number of fused-ring (bicyclic) bond motifs is 1. The van der Waals surface area contributed by atoms with Gasteiger partial charge in [-0.25, -0.2) is 4.98 Å². The Hall–Kier alpha value is -2.08. The van der Waals surface area contributed by atoms with Crippen LogP contribution in [0.2, 0.25) is 0 Å². The fraction of sp³-hybridized carbons (Fsp3) is 0.467. The molecule has 6 nitrogen and oxygen atoms in total. The first-order chi connectivity index (χ1) is 10.1. The van der Waals surface area contributed by atoms with Crippen LogP contribution in [-0.4, -0.2) is 36.8 Å². The van der Waals surface area contributed by atoms with Gasteiger partial charge in [-0.2, -0.15) is 0 Å². The van der Waals surface area contributed by atoms with Gasteiger partial charge in [0.05, 0.1) is 28.6 Å². The molecule has 0 amide bonds. The summed E-state index contributed by atoms with van der Waals surface area (Å²) in [5.74, 6) is 0.617. The number of aromatic amines is 1. The third kappa shape index (κ3) is 2.85. The second-order valence-electron chi connectivity index (χ2n) is 5.60. The Labute approximate surface area is 122 Å². The number of ether oxygens (including phenoxy) is 1. The second-order valence-corrected chi connectivity index (χ2v) is 5.60. The molecular weight excluding hydrogens is 268 g/mol. The zero-order valence-electron chi connectivity index (χ0n) is 12.1. The van der Waals surface area contributed by atoms with Crippen LogP contribution in [0.4, 0.5) is 11.4 Å². The predicted molar refractivity (Wildman–Crippen MR) is 83.6 cm³/mol. The number of H-pyrrole nitrogens is 1. The number of rotatable bonds is 3. The SMILES string of the molecule is CN(CC1CCOCC1)c1cc2nc[nH]c(=O)c2cc1N. The van der Waals surface area contributed by atoms with Crippen LogP contribution in [0.15, 0.2) is 23.3 Å². The molecule has 1 aliphatic heterocycles. The number of anilines is 2. The molecule has 6 heteroatoms. The minimum absolute atomic E-state index is 0.162. The predicted octanol–water partition coefficient (Wildman–Crippen LogP) is 1.37. The summed E-state index contributed by atoms with van der Waals surface area (Å²) in [4.78, 5) is 20.7. The van der Waals surface area contributed by atoms with E-state index >= 15 is 0 Å². The van der Waals surface area contributed by atoms with Gasteiger partial charge < -0.3 is 20.4 Å². The summed E-state index contributed by atoms with van der Waals surface area (Å²) in [5.41, 5.74) is 8.15. The molecule has 2 heterocycles. The van der Waals surface area contributed by atoms with Crippen molar-refractivity contribution < 1.29 is 4.74 Å². The first kappa shape index (κ1) is 13.9. The fourth-order valence-electron chi connectivity index (χ4n) is 2.87. The first-order valence-electron chi connectivity index (χ1n) is 7.21. The largest absolute Gasteiger partial charge is 0.397 e. The Morgan fingerprint density at radius 1 is 1.43 bits per heavy atom. The van der Waals surface area contributed by atoms with Crippen LogP contribution in [0.5, 0.6) is 0 Å². The summed E-state index contributed by atoms with van der Waals surface area (Å²) in [6.07, 6.45) is 3.58. The lowest BCUT2D eigenvalue weighted by molar-refractivity contribution is 0.0685. The lowest BCUT2D eigenvalue weighted by Crippen LogP contribution is -2.30. The Morgan fingerprint density at radius 3 is 2.95 bits per heavy atom. The van der Waals surface area contributed by atoms with Gasteiger partial charge in [0.15, 0.2) is 0 Å². The highest BCUT2D eigenvalue weighted by Gasteiger charge is 2.17. The molecule has 3 N–H and O–H groups in total. The molecule has 0 atom stereocenters. The van der Waals surface area contributed by atoms with Crippen LogP contribution in [-0.2, 0) is 4.74 Å². The molecule has 3 rings (SSSR count). The average Bonchev–Trinajstić information content (AvgIpc) is 2.48. The number of hydrogen-bond acceptors (Lipinski definition) is 5. The average molecular weight is 288 g/mol. The van der Waals surface area contributed by atoms with Crippen molar-refractivity contribution in [3.8, 4) is 0 Å². The van der Waals surface area contributed by atoms with Gasteiger partial charge in [0, 0.05) is 26.8 Å². The maximum atomic E-state index is 11.8. The molecule has 0 spiro atoms. The van der Waals surface area contributed by atoms with Crippen molar-refractivity contribution >= 4 is 22.3 Å². The molecule has 1 aromatic carbocycles. The Bertz CT molecular complexity index is 692. The van der Waals surface area contributed by atoms with Gasteiger partial charge >= 0.3 is 0 Å². The third-order valence-corrected chi connectivity index (χ3v) is 4.07. The standard InChI is InChI=1S/C15H20N4O2/c1-19(8-10-2-4-21-5-3-10)14-7-13-11(6-12(14)16)15(20)18-9-17-13/h6-7,9-10H,2-5,8,16H2,1H3,(H,17,18,20). The lowest BCUT2D eigenvalue weighted by atomic mass is 9.99. The minimum Gasteiger partial charge on any atom is -0.397 e. The maximum Gasteiger partial charge on any atom is 0.258 e. The van der Waals surface area contributed by atoms with Gasteiger partial charge in [-0.3, -0.25) is 4.79 Å². The zero-order valence-corrected chi connectivity index (χ0v) is 12.1. The molecule has 0 aliphatic carbocycles. The van der Waals surface area contributed by atoms with Gasteiger partial charge in [0.2, 0.25) is 0 Å². The molecule has 0 radical (unpaired) electrons. The van der Waals surface area contributed by atoms with Crippen molar-refractivity contribution in [1.29, 1.82) is 0 Å². The molecule has 112 valence electrons. The molecule has 0 unspecified atom stereocenters. The fourth-order valence-corrected chi connectivity index (χ4v) is 2.87. The van der Waals surface area contributed by atoms with E-state index in [0.29, 0.717) is 22.5 Å². The number of hydrogen-bond donors (Lipinski definition) is 2. The van der Waals surface area contributed by atoms with Crippen LogP contribution in [0.1, 0.15) is 12.8 Å². The van der Waals surface area contributed by atoms with Crippen LogP contribution in [0, 0.1) is 5.92 Å². The number of benzene rings is 1. The van der Waals surface area contributed by atoms with E-state index in [1.807, 2.05) is 13.1 Å². The van der Waals surface area contributed by atoms with Crippen LogP contribution >= 0.6 is 0 Å². The van der Waals surface area contributed by atoms with Crippen molar-refractivity contribution in [2.24, 2.45) is 5.92 Å². The number of nitrogens with zero attached hydrogens (tertiary/aromatic N) is 2. The van der Waals surface area contributed by atoms with E-state index in [9.17, 15) is 4.79 Å². The van der Waals surface area contributed by atoms with E-state index in [1.54, 1.807) is 6.07 Å². The van der Waals surface area contributed by atoms with Crippen LogP contribution in [0.3, 0.4) is 0 Å². The normalized spacial score (nSPS) is 16.2. The monoisotopic (exact) mass is 288 g/mol. The first-order valence-corrected chi connectivity index (χ1v) is 7.21. The van der Waals surface area contributed by atoms with E-state index in [2.05, 4.69) is 14.9 Å². The summed E-state index contributed by atoms with van der Waals surface area (Å²) in [6, 6.07) is 3.59. The number of nitrogens with one attached hydrogen (secondary N) is 1. The van der Waals surface area contributed by atoms with Gasteiger partial charge in [-0.1, -0.05) is 0 Å². The summed E-state index contributed by atoms with van der Waals surface area (Å²) >= 11 is 0. The molecule has 2 aromatic rings. The van der Waals surface area contributed by atoms with Crippen LogP contribution < -0.4 is 16.2 Å². The highest BCUT2D eigenvalue weighted by molar-refractivity contribution is 5.88.